The van der Waals surface area contributed by atoms with Gasteiger partial charge in [-0.2, -0.15) is 5.10 Å². The van der Waals surface area contributed by atoms with Crippen LogP contribution in [0.4, 0.5) is 0 Å². The fourth-order valence-electron chi connectivity index (χ4n) is 3.08. The Morgan fingerprint density at radius 2 is 1.96 bits per heavy atom. The Kier molecular flexibility index (Phi) is 5.41. The summed E-state index contributed by atoms with van der Waals surface area (Å²) in [5.41, 5.74) is 4.47. The second kappa shape index (κ2) is 7.75. The van der Waals surface area contributed by atoms with Gasteiger partial charge in [-0.3, -0.25) is 10.2 Å². The molecule has 2 unspecified atom stereocenters. The Balaban J connectivity index is 2.06. The molecular formula is C19H20ClN3O4. The van der Waals surface area contributed by atoms with Crippen molar-refractivity contribution in [1.82, 2.24) is 10.7 Å². The number of methoxy groups -OCH3 is 1. The minimum absolute atomic E-state index is 0.0837. The summed E-state index contributed by atoms with van der Waals surface area (Å²) < 4.78 is 5.19. The van der Waals surface area contributed by atoms with Crippen LogP contribution in [0.15, 0.2) is 41.5 Å². The number of carbonyl (C=O) groups excluding carboxylic acids is 1. The van der Waals surface area contributed by atoms with Crippen LogP contribution in [0, 0.1) is 0 Å². The van der Waals surface area contributed by atoms with Crippen LogP contribution in [0.2, 0.25) is 5.02 Å². The zero-order valence-electron chi connectivity index (χ0n) is 14.9. The van der Waals surface area contributed by atoms with Crippen molar-refractivity contribution in [3.8, 4) is 17.2 Å². The Morgan fingerprint density at radius 3 is 2.59 bits per heavy atom. The van der Waals surface area contributed by atoms with E-state index in [1.807, 2.05) is 19.1 Å². The molecule has 1 aliphatic rings. The number of aromatic hydroxyl groups is 2. The molecular weight excluding hydrogens is 370 g/mol. The van der Waals surface area contributed by atoms with E-state index in [9.17, 15) is 15.0 Å². The van der Waals surface area contributed by atoms with Crippen LogP contribution in [0.5, 0.6) is 17.2 Å². The van der Waals surface area contributed by atoms with Crippen molar-refractivity contribution in [1.29, 1.82) is 0 Å². The molecule has 1 aliphatic heterocycles. The maximum Gasteiger partial charge on any atom is 0.245 e. The molecule has 7 nitrogen and oxygen atoms in total. The van der Waals surface area contributed by atoms with Crippen LogP contribution in [0.3, 0.4) is 0 Å². The number of phenols is 2. The van der Waals surface area contributed by atoms with Crippen molar-refractivity contribution in [2.45, 2.75) is 18.9 Å². The molecule has 0 aliphatic carbocycles. The van der Waals surface area contributed by atoms with Crippen molar-refractivity contribution in [2.75, 3.05) is 13.7 Å². The summed E-state index contributed by atoms with van der Waals surface area (Å²) in [5.74, 6) is -0.387. The number of phenolic OH excluding ortho intramolecular Hbond substituents is 2. The van der Waals surface area contributed by atoms with Crippen LogP contribution in [-0.4, -0.2) is 41.5 Å². The highest BCUT2D eigenvalue weighted by molar-refractivity contribution is 6.32. The van der Waals surface area contributed by atoms with E-state index in [4.69, 9.17) is 16.3 Å². The molecule has 0 saturated heterocycles. The van der Waals surface area contributed by atoms with Gasteiger partial charge < -0.3 is 20.3 Å². The first kappa shape index (κ1) is 18.8. The number of halogens is 1. The third kappa shape index (κ3) is 3.64. The van der Waals surface area contributed by atoms with E-state index in [-0.39, 0.29) is 22.4 Å². The molecule has 0 bridgehead atoms. The summed E-state index contributed by atoms with van der Waals surface area (Å²) in [6, 6.07) is 9.22. The van der Waals surface area contributed by atoms with Gasteiger partial charge in [-0.25, -0.2) is 0 Å². The van der Waals surface area contributed by atoms with Gasteiger partial charge in [-0.15, -0.1) is 0 Å². The lowest BCUT2D eigenvalue weighted by Crippen LogP contribution is -2.44. The highest BCUT2D eigenvalue weighted by atomic mass is 35.5. The molecule has 0 radical (unpaired) electrons. The predicted molar refractivity (Wildman–Crippen MR) is 103 cm³/mol. The highest BCUT2D eigenvalue weighted by Gasteiger charge is 2.39. The Hall–Kier alpha value is -2.93. The van der Waals surface area contributed by atoms with E-state index in [0.29, 0.717) is 23.6 Å². The van der Waals surface area contributed by atoms with Crippen molar-refractivity contribution in [2.24, 2.45) is 5.10 Å². The van der Waals surface area contributed by atoms with Crippen LogP contribution in [-0.2, 0) is 4.79 Å². The van der Waals surface area contributed by atoms with E-state index >= 15 is 0 Å². The molecule has 1 amide bonds. The minimum atomic E-state index is -0.652. The Morgan fingerprint density at radius 1 is 1.26 bits per heavy atom. The van der Waals surface area contributed by atoms with Crippen molar-refractivity contribution in [3.05, 3.63) is 52.5 Å². The third-order valence-corrected chi connectivity index (χ3v) is 4.70. The molecule has 2 atom stereocenters. The number of amides is 1. The summed E-state index contributed by atoms with van der Waals surface area (Å²) in [7, 11) is 1.58. The number of hydrogen-bond acceptors (Lipinski definition) is 6. The second-order valence-electron chi connectivity index (χ2n) is 6.07. The lowest BCUT2D eigenvalue weighted by Gasteiger charge is -2.21. The number of nitrogens with one attached hydrogen (secondary N) is 2. The Bertz CT molecular complexity index is 883. The van der Waals surface area contributed by atoms with Gasteiger partial charge in [0, 0.05) is 18.2 Å². The average molecular weight is 390 g/mol. The quantitative estimate of drug-likeness (QED) is 0.628. The number of hydrazone groups is 1. The normalized spacial score (nSPS) is 18.6. The number of benzene rings is 2. The smallest absolute Gasteiger partial charge is 0.245 e. The molecule has 0 saturated carbocycles. The lowest BCUT2D eigenvalue weighted by molar-refractivity contribution is -0.123. The zero-order chi connectivity index (χ0) is 19.6. The number of ether oxygens (including phenoxy) is 1. The van der Waals surface area contributed by atoms with Gasteiger partial charge in [0.05, 0.1) is 23.8 Å². The molecule has 8 heteroatoms. The van der Waals surface area contributed by atoms with Crippen molar-refractivity contribution < 1.29 is 19.7 Å². The minimum Gasteiger partial charge on any atom is -0.507 e. The van der Waals surface area contributed by atoms with Crippen LogP contribution in [0.1, 0.15) is 24.0 Å². The predicted octanol–water partition coefficient (Wildman–Crippen LogP) is 2.36. The fraction of sp³-hybridized carbons (Fsp3) is 0.263. The first-order chi connectivity index (χ1) is 13.0. The van der Waals surface area contributed by atoms with Crippen molar-refractivity contribution >= 4 is 23.2 Å². The van der Waals surface area contributed by atoms with E-state index in [1.54, 1.807) is 19.2 Å². The first-order valence-corrected chi connectivity index (χ1v) is 8.80. The van der Waals surface area contributed by atoms with Crippen molar-refractivity contribution in [3.63, 3.8) is 0 Å². The maximum absolute atomic E-state index is 12.5. The van der Waals surface area contributed by atoms with Gasteiger partial charge in [0.15, 0.2) is 0 Å². The third-order valence-electron chi connectivity index (χ3n) is 4.40. The van der Waals surface area contributed by atoms with E-state index in [1.165, 1.54) is 6.07 Å². The summed E-state index contributed by atoms with van der Waals surface area (Å²) in [6.45, 7) is 2.32. The second-order valence-corrected chi connectivity index (χ2v) is 6.48. The molecule has 2 aromatic carbocycles. The molecule has 27 heavy (non-hydrogen) atoms. The van der Waals surface area contributed by atoms with Gasteiger partial charge in [0.25, 0.3) is 0 Å². The molecule has 0 spiro atoms. The summed E-state index contributed by atoms with van der Waals surface area (Å²) >= 11 is 6.01. The molecule has 142 valence electrons. The molecule has 2 aromatic rings. The number of likely N-dealkylation sites (N-methyl/N-ethyl adjacent to an activating group) is 1. The maximum atomic E-state index is 12.5. The van der Waals surface area contributed by atoms with Gasteiger partial charge in [0.1, 0.15) is 23.3 Å². The molecule has 4 N–H and O–H groups in total. The fourth-order valence-corrected chi connectivity index (χ4v) is 3.24. The highest BCUT2D eigenvalue weighted by Crippen LogP contribution is 2.37. The molecule has 0 fully saturated rings. The average Bonchev–Trinajstić information content (AvgIpc) is 3.10. The number of nitrogens with zero attached hydrogens (tertiary/aromatic N) is 1. The van der Waals surface area contributed by atoms with Crippen LogP contribution in [0.25, 0.3) is 0 Å². The summed E-state index contributed by atoms with van der Waals surface area (Å²) in [5, 5.41) is 27.2. The number of carbonyl (C=O) groups is 1. The van der Waals surface area contributed by atoms with Gasteiger partial charge in [-0.1, -0.05) is 23.7 Å². The largest absolute Gasteiger partial charge is 0.507 e. The van der Waals surface area contributed by atoms with Gasteiger partial charge in [0.2, 0.25) is 5.91 Å². The Labute approximate surface area is 161 Å². The van der Waals surface area contributed by atoms with E-state index in [0.717, 1.165) is 11.6 Å². The summed E-state index contributed by atoms with van der Waals surface area (Å²) in [6.07, 6.45) is 0. The first-order valence-electron chi connectivity index (χ1n) is 8.42. The molecule has 3 rings (SSSR count). The number of rotatable bonds is 5. The zero-order valence-corrected chi connectivity index (χ0v) is 15.6. The molecule has 0 aromatic heterocycles. The van der Waals surface area contributed by atoms with E-state index < -0.39 is 12.0 Å². The molecule has 1 heterocycles. The topological polar surface area (TPSA) is 103 Å². The summed E-state index contributed by atoms with van der Waals surface area (Å²) in [4.78, 5) is 12.5. The standard InChI is InChI=1S/C19H20ClN3O4/c1-3-21-19(26)18-16(10-4-6-11(27-2)7-5-10)17(22-23-18)12-8-13(20)15(25)9-14(12)24/h4-9,16,18,23-25H,3H2,1-2H3,(H,21,26). The monoisotopic (exact) mass is 389 g/mol. The van der Waals surface area contributed by atoms with Crippen LogP contribution < -0.4 is 15.5 Å². The van der Waals surface area contributed by atoms with E-state index in [2.05, 4.69) is 15.8 Å². The van der Waals surface area contributed by atoms with Gasteiger partial charge >= 0.3 is 0 Å². The van der Waals surface area contributed by atoms with Crippen LogP contribution >= 0.6 is 11.6 Å². The lowest BCUT2D eigenvalue weighted by atomic mass is 9.84. The van der Waals surface area contributed by atoms with Gasteiger partial charge in [-0.05, 0) is 30.7 Å². The number of hydrogen-bond donors (Lipinski definition) is 4. The SMILES string of the molecule is CCNC(=O)C1NN=C(c2cc(Cl)c(O)cc2O)C1c1ccc(OC)cc1.